The van der Waals surface area contributed by atoms with Crippen molar-refractivity contribution in [2.24, 2.45) is 5.92 Å². The van der Waals surface area contributed by atoms with Gasteiger partial charge in [0.1, 0.15) is 5.60 Å². The highest BCUT2D eigenvalue weighted by atomic mass is 16.6. The number of carbonyl (C=O) groups excluding carboxylic acids is 1. The lowest BCUT2D eigenvalue weighted by molar-refractivity contribution is -0.164. The molecule has 2 atom stereocenters. The summed E-state index contributed by atoms with van der Waals surface area (Å²) >= 11 is 0. The predicted molar refractivity (Wildman–Crippen MR) is 60.5 cm³/mol. The maximum Gasteiger partial charge on any atom is 0.312 e. The Morgan fingerprint density at radius 2 is 1.93 bits per heavy atom. The molecule has 0 aliphatic rings. The summed E-state index contributed by atoms with van der Waals surface area (Å²) in [7, 11) is 0. The number of carbonyl (C=O) groups is 1. The molecule has 0 aliphatic carbocycles. The van der Waals surface area contributed by atoms with E-state index in [4.69, 9.17) is 4.74 Å². The molecule has 1 N–H and O–H groups in total. The molecule has 0 saturated heterocycles. The quantitative estimate of drug-likeness (QED) is 0.718. The van der Waals surface area contributed by atoms with Gasteiger partial charge in [0, 0.05) is 0 Å². The summed E-state index contributed by atoms with van der Waals surface area (Å²) in [4.78, 5) is 11.7. The van der Waals surface area contributed by atoms with Crippen LogP contribution in [0.2, 0.25) is 0 Å². The average molecular weight is 216 g/mol. The first-order valence-corrected chi connectivity index (χ1v) is 5.69. The second-order valence-electron chi connectivity index (χ2n) is 5.02. The average Bonchev–Trinajstić information content (AvgIpc) is 2.00. The van der Waals surface area contributed by atoms with Crippen LogP contribution in [-0.2, 0) is 9.53 Å². The Kier molecular flexibility index (Phi) is 5.88. The first-order valence-electron chi connectivity index (χ1n) is 5.69. The number of aliphatic hydroxyl groups is 1. The van der Waals surface area contributed by atoms with E-state index in [0.29, 0.717) is 6.42 Å². The summed E-state index contributed by atoms with van der Waals surface area (Å²) in [5.74, 6) is -0.671. The molecule has 0 aromatic rings. The summed E-state index contributed by atoms with van der Waals surface area (Å²) in [6.07, 6.45) is 2.02. The fourth-order valence-corrected chi connectivity index (χ4v) is 1.36. The monoisotopic (exact) mass is 216 g/mol. The highest BCUT2D eigenvalue weighted by Crippen LogP contribution is 2.18. The molecule has 2 unspecified atom stereocenters. The minimum atomic E-state index is -0.633. The summed E-state index contributed by atoms with van der Waals surface area (Å²) in [6, 6.07) is 0. The van der Waals surface area contributed by atoms with Crippen molar-refractivity contribution < 1.29 is 14.6 Å². The van der Waals surface area contributed by atoms with Gasteiger partial charge in [-0.2, -0.15) is 0 Å². The lowest BCUT2D eigenvalue weighted by Crippen LogP contribution is -2.33. The number of ether oxygens (including phenoxy) is 1. The Labute approximate surface area is 92.8 Å². The van der Waals surface area contributed by atoms with E-state index in [-0.39, 0.29) is 11.9 Å². The molecular weight excluding hydrogens is 192 g/mol. The topological polar surface area (TPSA) is 46.5 Å². The molecule has 0 bridgehead atoms. The van der Waals surface area contributed by atoms with Crippen LogP contribution in [-0.4, -0.2) is 22.8 Å². The third-order valence-corrected chi connectivity index (χ3v) is 2.16. The van der Waals surface area contributed by atoms with Gasteiger partial charge in [0.2, 0.25) is 0 Å². The van der Waals surface area contributed by atoms with Crippen molar-refractivity contribution in [1.29, 1.82) is 0 Å². The number of aliphatic hydroxyl groups excluding tert-OH is 1. The van der Waals surface area contributed by atoms with E-state index in [2.05, 4.69) is 6.92 Å². The van der Waals surface area contributed by atoms with Gasteiger partial charge in [-0.25, -0.2) is 0 Å². The van der Waals surface area contributed by atoms with E-state index >= 15 is 0 Å². The Hall–Kier alpha value is -0.570. The molecular formula is C12H24O3. The lowest BCUT2D eigenvalue weighted by atomic mass is 9.97. The van der Waals surface area contributed by atoms with Gasteiger partial charge in [0.15, 0.2) is 0 Å². The van der Waals surface area contributed by atoms with Gasteiger partial charge in [0.05, 0.1) is 12.0 Å². The summed E-state index contributed by atoms with van der Waals surface area (Å²) < 4.78 is 5.26. The molecule has 15 heavy (non-hydrogen) atoms. The van der Waals surface area contributed by atoms with Crippen LogP contribution >= 0.6 is 0 Å². The predicted octanol–water partition coefficient (Wildman–Crippen LogP) is 2.52. The first-order chi connectivity index (χ1) is 6.78. The lowest BCUT2D eigenvalue weighted by Gasteiger charge is -2.25. The van der Waals surface area contributed by atoms with Gasteiger partial charge in [-0.1, -0.05) is 19.8 Å². The maximum absolute atomic E-state index is 11.7. The molecule has 0 heterocycles. The van der Waals surface area contributed by atoms with Crippen LogP contribution in [0.1, 0.15) is 53.9 Å². The fourth-order valence-electron chi connectivity index (χ4n) is 1.36. The van der Waals surface area contributed by atoms with Crippen molar-refractivity contribution in [3.63, 3.8) is 0 Å². The van der Waals surface area contributed by atoms with Crippen molar-refractivity contribution in [1.82, 2.24) is 0 Å². The molecule has 0 aromatic carbocycles. The molecule has 3 heteroatoms. The van der Waals surface area contributed by atoms with E-state index in [1.54, 1.807) is 6.92 Å². The highest BCUT2D eigenvalue weighted by Gasteiger charge is 2.28. The van der Waals surface area contributed by atoms with Crippen molar-refractivity contribution >= 4 is 5.97 Å². The molecule has 3 nitrogen and oxygen atoms in total. The number of hydrogen-bond donors (Lipinski definition) is 1. The largest absolute Gasteiger partial charge is 0.460 e. The number of rotatable bonds is 5. The minimum absolute atomic E-state index is 0.286. The molecule has 0 saturated carbocycles. The zero-order valence-electron chi connectivity index (χ0n) is 10.5. The molecule has 0 aliphatic heterocycles. The third-order valence-electron chi connectivity index (χ3n) is 2.16. The van der Waals surface area contributed by atoms with Crippen molar-refractivity contribution in [3.05, 3.63) is 0 Å². The van der Waals surface area contributed by atoms with Gasteiger partial charge in [-0.3, -0.25) is 4.79 Å². The smallest absolute Gasteiger partial charge is 0.312 e. The molecule has 0 rings (SSSR count). The molecule has 0 aromatic heterocycles. The van der Waals surface area contributed by atoms with Crippen molar-refractivity contribution in [2.45, 2.75) is 65.6 Å². The molecule has 0 amide bonds. The fraction of sp³-hybridized carbons (Fsp3) is 0.917. The Morgan fingerprint density at radius 3 is 2.27 bits per heavy atom. The second kappa shape index (κ2) is 6.11. The summed E-state index contributed by atoms with van der Waals surface area (Å²) in [5.41, 5.74) is -0.476. The zero-order valence-corrected chi connectivity index (χ0v) is 10.5. The van der Waals surface area contributed by atoms with Crippen LogP contribution in [0, 0.1) is 5.92 Å². The number of esters is 1. The summed E-state index contributed by atoms with van der Waals surface area (Å²) in [5, 5.41) is 9.51. The van der Waals surface area contributed by atoms with Gasteiger partial charge >= 0.3 is 5.97 Å². The van der Waals surface area contributed by atoms with E-state index < -0.39 is 11.7 Å². The van der Waals surface area contributed by atoms with Crippen LogP contribution in [0.15, 0.2) is 0 Å². The Bertz CT molecular complexity index is 192. The van der Waals surface area contributed by atoms with Crippen LogP contribution in [0.3, 0.4) is 0 Å². The second-order valence-corrected chi connectivity index (χ2v) is 5.02. The van der Waals surface area contributed by atoms with E-state index in [1.807, 2.05) is 20.8 Å². The van der Waals surface area contributed by atoms with Crippen molar-refractivity contribution in [3.8, 4) is 0 Å². The number of hydrogen-bond acceptors (Lipinski definition) is 3. The number of unbranched alkanes of at least 4 members (excludes halogenated alkanes) is 1. The molecule has 0 radical (unpaired) electrons. The first kappa shape index (κ1) is 14.4. The molecule has 0 spiro atoms. The van der Waals surface area contributed by atoms with Gasteiger partial charge in [-0.15, -0.1) is 0 Å². The van der Waals surface area contributed by atoms with E-state index in [1.165, 1.54) is 0 Å². The zero-order chi connectivity index (χ0) is 12.1. The maximum atomic E-state index is 11.7. The Morgan fingerprint density at radius 1 is 1.40 bits per heavy atom. The normalized spacial score (nSPS) is 15.9. The minimum Gasteiger partial charge on any atom is -0.460 e. The SMILES string of the molecule is CCCCC(C(=O)OC(C)(C)C)C(C)O. The van der Waals surface area contributed by atoms with Crippen LogP contribution < -0.4 is 0 Å². The summed E-state index contributed by atoms with van der Waals surface area (Å²) in [6.45, 7) is 9.22. The van der Waals surface area contributed by atoms with Gasteiger partial charge in [0.25, 0.3) is 0 Å². The van der Waals surface area contributed by atoms with E-state index in [9.17, 15) is 9.90 Å². The molecule has 0 fully saturated rings. The van der Waals surface area contributed by atoms with E-state index in [0.717, 1.165) is 12.8 Å². The van der Waals surface area contributed by atoms with Gasteiger partial charge in [-0.05, 0) is 34.1 Å². The standard InChI is InChI=1S/C12H24O3/c1-6-7-8-10(9(2)13)11(14)15-12(3,4)5/h9-10,13H,6-8H2,1-5H3. The van der Waals surface area contributed by atoms with Crippen LogP contribution in [0.4, 0.5) is 0 Å². The molecule has 90 valence electrons. The van der Waals surface area contributed by atoms with Crippen LogP contribution in [0.5, 0.6) is 0 Å². The highest BCUT2D eigenvalue weighted by molar-refractivity contribution is 5.73. The Balaban J connectivity index is 4.29. The third kappa shape index (κ3) is 6.50. The van der Waals surface area contributed by atoms with Crippen molar-refractivity contribution in [2.75, 3.05) is 0 Å². The van der Waals surface area contributed by atoms with Crippen LogP contribution in [0.25, 0.3) is 0 Å². The van der Waals surface area contributed by atoms with Gasteiger partial charge < -0.3 is 9.84 Å².